The minimum atomic E-state index is -5.47. The highest BCUT2D eigenvalue weighted by Gasteiger charge is 2.44. The maximum absolute atomic E-state index is 15.1. The van der Waals surface area contributed by atoms with Crippen molar-refractivity contribution in [1.29, 1.82) is 0 Å². The predicted octanol–water partition coefficient (Wildman–Crippen LogP) is 8.54. The van der Waals surface area contributed by atoms with Crippen LogP contribution in [0.3, 0.4) is 0 Å². The average Bonchev–Trinajstić information content (AvgIpc) is 2.70. The second-order valence-electron chi connectivity index (χ2n) is 7.60. The third-order valence-electron chi connectivity index (χ3n) is 5.08. The molecule has 35 heavy (non-hydrogen) atoms. The van der Waals surface area contributed by atoms with Crippen LogP contribution < -0.4 is 4.74 Å². The Labute approximate surface area is 193 Å². The Morgan fingerprint density at radius 3 is 1.86 bits per heavy atom. The molecule has 0 amide bonds. The van der Waals surface area contributed by atoms with Crippen LogP contribution in [-0.2, 0) is 23.8 Å². The first-order valence-electron chi connectivity index (χ1n) is 10.2. The Morgan fingerprint density at radius 1 is 0.800 bits per heavy atom. The van der Waals surface area contributed by atoms with E-state index >= 15 is 4.39 Å². The van der Waals surface area contributed by atoms with Crippen LogP contribution in [0, 0.1) is 23.3 Å². The van der Waals surface area contributed by atoms with Crippen LogP contribution in [0.15, 0.2) is 42.5 Å². The maximum Gasteiger partial charge on any atom is 0.432 e. The summed E-state index contributed by atoms with van der Waals surface area (Å²) in [5.41, 5.74) is -4.63. The van der Waals surface area contributed by atoms with Crippen molar-refractivity contribution in [3.63, 3.8) is 0 Å². The molecule has 0 bridgehead atoms. The van der Waals surface area contributed by atoms with Crippen molar-refractivity contribution in [3.05, 3.63) is 82.4 Å². The Morgan fingerprint density at radius 2 is 1.34 bits per heavy atom. The van der Waals surface area contributed by atoms with Gasteiger partial charge < -0.3 is 4.74 Å². The topological polar surface area (TPSA) is 29.1 Å². The molecule has 0 aliphatic carbocycles. The van der Waals surface area contributed by atoms with Crippen molar-refractivity contribution < 1.29 is 49.4 Å². The van der Waals surface area contributed by atoms with Crippen LogP contribution >= 0.6 is 0 Å². The Balaban J connectivity index is 2.03. The summed E-state index contributed by atoms with van der Waals surface area (Å²) in [6.07, 6.45) is -8.03. The molecule has 0 aliphatic heterocycles. The Hall–Kier alpha value is -3.37. The predicted molar refractivity (Wildman–Crippen MR) is 106 cm³/mol. The number of hydrogen-bond donors (Lipinski definition) is 0. The van der Waals surface area contributed by atoms with Gasteiger partial charge in [0.05, 0.1) is 5.56 Å². The van der Waals surface area contributed by atoms with E-state index in [0.717, 1.165) is 18.4 Å². The lowest BCUT2D eigenvalue weighted by Gasteiger charge is -2.21. The monoisotopic (exact) mass is 507 g/mol. The highest BCUT2D eigenvalue weighted by atomic mass is 19.4. The first-order chi connectivity index (χ1) is 16.3. The molecule has 0 saturated heterocycles. The number of rotatable bonds is 7. The van der Waals surface area contributed by atoms with Crippen LogP contribution in [0.1, 0.15) is 36.5 Å². The van der Waals surface area contributed by atoms with Gasteiger partial charge in [0.15, 0.2) is 11.6 Å². The third-order valence-corrected chi connectivity index (χ3v) is 5.08. The van der Waals surface area contributed by atoms with Gasteiger partial charge in [0.25, 0.3) is 0 Å². The number of ether oxygens (including phenoxy) is 1. The zero-order valence-electron chi connectivity index (χ0n) is 17.9. The van der Waals surface area contributed by atoms with Gasteiger partial charge in [-0.2, -0.15) is 22.0 Å². The van der Waals surface area contributed by atoms with E-state index < -0.39 is 63.7 Å². The minimum Gasteiger partial charge on any atom is -0.429 e. The number of aryl methyl sites for hydroxylation is 1. The first-order valence-corrected chi connectivity index (χ1v) is 10.2. The van der Waals surface area contributed by atoms with Crippen molar-refractivity contribution in [2.24, 2.45) is 0 Å². The van der Waals surface area contributed by atoms with Crippen LogP contribution in [0.25, 0.3) is 11.1 Å². The SMILES string of the molecule is CCCCc1ccc(-c2c([O])cc(F)c(C(F)(F)Oc3cc(F)c(C(F)(F)F)c(F)c3)c2F)cc1. The van der Waals surface area contributed by atoms with E-state index in [9.17, 15) is 40.2 Å². The molecule has 3 aromatic carbocycles. The fraction of sp³-hybridized carbons (Fsp3) is 0.250. The fourth-order valence-electron chi connectivity index (χ4n) is 3.43. The molecule has 0 fully saturated rings. The van der Waals surface area contributed by atoms with E-state index in [2.05, 4.69) is 4.74 Å². The largest absolute Gasteiger partial charge is 0.432 e. The smallest absolute Gasteiger partial charge is 0.429 e. The van der Waals surface area contributed by atoms with E-state index in [0.29, 0.717) is 6.42 Å². The highest BCUT2D eigenvalue weighted by Crippen LogP contribution is 2.43. The van der Waals surface area contributed by atoms with Gasteiger partial charge in [-0.05, 0) is 24.0 Å². The molecular formula is C24H16F9O2. The summed E-state index contributed by atoms with van der Waals surface area (Å²) in [6.45, 7) is 1.96. The summed E-state index contributed by atoms with van der Waals surface area (Å²) >= 11 is 0. The van der Waals surface area contributed by atoms with Gasteiger partial charge in [-0.15, -0.1) is 0 Å². The molecule has 0 atom stereocenters. The molecule has 0 saturated carbocycles. The van der Waals surface area contributed by atoms with Crippen LogP contribution in [0.2, 0.25) is 0 Å². The molecule has 0 spiro atoms. The van der Waals surface area contributed by atoms with Crippen molar-refractivity contribution in [3.8, 4) is 22.6 Å². The third kappa shape index (κ3) is 5.49. The van der Waals surface area contributed by atoms with Crippen LogP contribution in [0.5, 0.6) is 11.5 Å². The molecule has 0 aliphatic rings. The van der Waals surface area contributed by atoms with Gasteiger partial charge in [0.2, 0.25) is 0 Å². The Kier molecular flexibility index (Phi) is 7.28. The molecule has 3 rings (SSSR count). The Bertz CT molecular complexity index is 1200. The number of halogens is 9. The first kappa shape index (κ1) is 26.2. The van der Waals surface area contributed by atoms with Gasteiger partial charge in [-0.3, -0.25) is 5.11 Å². The minimum absolute atomic E-state index is 0.0872. The summed E-state index contributed by atoms with van der Waals surface area (Å²) in [7, 11) is 0. The maximum atomic E-state index is 15.1. The average molecular weight is 507 g/mol. The standard InChI is InChI=1S/C24H16F9O2/c1-2-3-4-12-5-7-13(8-6-12)19-18(34)11-17(27)21(22(19)28)24(32,33)35-14-9-15(25)20(16(26)10-14)23(29,30)31/h5-11H,2-4H2,1H3. The fourth-order valence-corrected chi connectivity index (χ4v) is 3.43. The molecule has 1 radical (unpaired) electrons. The van der Waals surface area contributed by atoms with E-state index in [1.54, 1.807) is 0 Å². The molecule has 0 N–H and O–H groups in total. The van der Waals surface area contributed by atoms with E-state index in [4.69, 9.17) is 0 Å². The molecular weight excluding hydrogens is 491 g/mol. The number of unbranched alkanes of at least 4 members (excludes halogenated alkanes) is 1. The number of benzene rings is 3. The van der Waals surface area contributed by atoms with Gasteiger partial charge in [0, 0.05) is 18.2 Å². The van der Waals surface area contributed by atoms with Crippen molar-refractivity contribution in [2.75, 3.05) is 0 Å². The van der Waals surface area contributed by atoms with Crippen molar-refractivity contribution >= 4 is 0 Å². The van der Waals surface area contributed by atoms with Gasteiger partial charge in [-0.25, -0.2) is 17.6 Å². The van der Waals surface area contributed by atoms with Gasteiger partial charge in [0.1, 0.15) is 34.3 Å². The molecule has 2 nitrogen and oxygen atoms in total. The quantitative estimate of drug-likeness (QED) is 0.295. The zero-order chi connectivity index (χ0) is 26.1. The van der Waals surface area contributed by atoms with E-state index in [1.165, 1.54) is 24.3 Å². The molecule has 187 valence electrons. The van der Waals surface area contributed by atoms with Crippen molar-refractivity contribution in [2.45, 2.75) is 38.5 Å². The molecule has 3 aromatic rings. The molecule has 0 unspecified atom stereocenters. The zero-order valence-corrected chi connectivity index (χ0v) is 17.9. The summed E-state index contributed by atoms with van der Waals surface area (Å²) in [5.74, 6) is -11.3. The molecule has 0 heterocycles. The number of alkyl halides is 5. The van der Waals surface area contributed by atoms with Crippen LogP contribution in [0.4, 0.5) is 39.5 Å². The summed E-state index contributed by atoms with van der Waals surface area (Å²) in [5, 5.41) is 12.2. The molecule has 0 aromatic heterocycles. The number of hydrogen-bond acceptors (Lipinski definition) is 1. The summed E-state index contributed by atoms with van der Waals surface area (Å²) in [4.78, 5) is 0. The molecule has 11 heteroatoms. The lowest BCUT2D eigenvalue weighted by atomic mass is 9.97. The van der Waals surface area contributed by atoms with Gasteiger partial charge >= 0.3 is 12.3 Å². The lowest BCUT2D eigenvalue weighted by molar-refractivity contribution is -0.189. The van der Waals surface area contributed by atoms with Crippen molar-refractivity contribution in [1.82, 2.24) is 0 Å². The normalized spacial score (nSPS) is 12.2. The second-order valence-corrected chi connectivity index (χ2v) is 7.60. The lowest BCUT2D eigenvalue weighted by Crippen LogP contribution is -2.26. The van der Waals surface area contributed by atoms with Gasteiger partial charge in [-0.1, -0.05) is 37.6 Å². The summed E-state index contributed by atoms with van der Waals surface area (Å²) in [6, 6.07) is 5.33. The second kappa shape index (κ2) is 9.71. The van der Waals surface area contributed by atoms with Crippen LogP contribution in [-0.4, -0.2) is 0 Å². The highest BCUT2D eigenvalue weighted by molar-refractivity contribution is 5.72. The van der Waals surface area contributed by atoms with E-state index in [1.807, 2.05) is 6.92 Å². The van der Waals surface area contributed by atoms with E-state index in [-0.39, 0.29) is 23.8 Å². The summed E-state index contributed by atoms with van der Waals surface area (Å²) < 4.78 is 128.